The van der Waals surface area contributed by atoms with Gasteiger partial charge in [0, 0.05) is 31.6 Å². The zero-order chi connectivity index (χ0) is 11.4. The molecule has 0 unspecified atom stereocenters. The molecule has 0 atom stereocenters. The molecule has 0 fully saturated rings. The molecule has 1 aromatic heterocycles. The van der Waals surface area contributed by atoms with Crippen LogP contribution in [0.15, 0.2) is 36.7 Å². The molecular weight excluding hydrogens is 200 g/mol. The van der Waals surface area contributed by atoms with E-state index in [4.69, 9.17) is 5.11 Å². The molecule has 0 aliphatic rings. The molecule has 1 N–H and O–H groups in total. The lowest BCUT2D eigenvalue weighted by Crippen LogP contribution is -1.92. The molecule has 3 heteroatoms. The van der Waals surface area contributed by atoms with Gasteiger partial charge in [-0.05, 0) is 18.4 Å². The van der Waals surface area contributed by atoms with Gasteiger partial charge in [-0.25, -0.2) is 4.98 Å². The lowest BCUT2D eigenvalue weighted by Gasteiger charge is -2.03. The summed E-state index contributed by atoms with van der Waals surface area (Å²) in [5, 5.41) is 8.76. The second-order valence-corrected chi connectivity index (χ2v) is 3.89. The first-order valence-corrected chi connectivity index (χ1v) is 5.49. The van der Waals surface area contributed by atoms with Gasteiger partial charge in [0.2, 0.25) is 0 Å². The summed E-state index contributed by atoms with van der Waals surface area (Å²) >= 11 is 0. The van der Waals surface area contributed by atoms with Crippen molar-refractivity contribution in [2.24, 2.45) is 7.05 Å². The molecule has 0 amide bonds. The van der Waals surface area contributed by atoms with Crippen molar-refractivity contribution >= 4 is 0 Å². The maximum Gasteiger partial charge on any atom is 0.139 e. The average molecular weight is 216 g/mol. The fraction of sp³-hybridized carbons (Fsp3) is 0.308. The number of aliphatic hydroxyl groups excluding tert-OH is 1. The van der Waals surface area contributed by atoms with Crippen molar-refractivity contribution in [3.05, 3.63) is 42.2 Å². The maximum absolute atomic E-state index is 8.76. The number of aryl methyl sites for hydroxylation is 2. The molecule has 2 rings (SSSR count). The van der Waals surface area contributed by atoms with Crippen LogP contribution in [0.25, 0.3) is 11.4 Å². The predicted octanol–water partition coefficient (Wildman–Crippen LogP) is 2.01. The molecule has 0 aliphatic heterocycles. The second-order valence-electron chi connectivity index (χ2n) is 3.89. The summed E-state index contributed by atoms with van der Waals surface area (Å²) in [5.74, 6) is 0.980. The minimum absolute atomic E-state index is 0.251. The molecule has 84 valence electrons. The van der Waals surface area contributed by atoms with Crippen molar-refractivity contribution in [3.8, 4) is 11.4 Å². The number of imidazole rings is 1. The minimum atomic E-state index is 0.251. The highest BCUT2D eigenvalue weighted by atomic mass is 16.2. The minimum Gasteiger partial charge on any atom is -0.396 e. The fourth-order valence-corrected chi connectivity index (χ4v) is 1.75. The van der Waals surface area contributed by atoms with Gasteiger partial charge >= 0.3 is 0 Å². The number of rotatable bonds is 4. The van der Waals surface area contributed by atoms with E-state index in [9.17, 15) is 0 Å². The summed E-state index contributed by atoms with van der Waals surface area (Å²) in [6.07, 6.45) is 5.49. The second kappa shape index (κ2) is 4.94. The lowest BCUT2D eigenvalue weighted by molar-refractivity contribution is 0.288. The van der Waals surface area contributed by atoms with E-state index >= 15 is 0 Å². The fourth-order valence-electron chi connectivity index (χ4n) is 1.75. The SMILES string of the molecule is Cn1ccnc1-c1ccc(CCCO)cc1. The van der Waals surface area contributed by atoms with Gasteiger partial charge in [-0.3, -0.25) is 0 Å². The molecule has 2 aromatic rings. The Morgan fingerprint density at radius 2 is 2.00 bits per heavy atom. The Balaban J connectivity index is 2.16. The van der Waals surface area contributed by atoms with Gasteiger partial charge in [-0.2, -0.15) is 0 Å². The summed E-state index contributed by atoms with van der Waals surface area (Å²) < 4.78 is 2.00. The Morgan fingerprint density at radius 3 is 2.56 bits per heavy atom. The summed E-state index contributed by atoms with van der Waals surface area (Å²) in [5.41, 5.74) is 2.38. The number of nitrogens with zero attached hydrogens (tertiary/aromatic N) is 2. The lowest BCUT2D eigenvalue weighted by atomic mass is 10.1. The van der Waals surface area contributed by atoms with Crippen LogP contribution >= 0.6 is 0 Å². The maximum atomic E-state index is 8.76. The van der Waals surface area contributed by atoms with Gasteiger partial charge in [0.15, 0.2) is 0 Å². The number of aromatic nitrogens is 2. The van der Waals surface area contributed by atoms with Crippen LogP contribution in [0.4, 0.5) is 0 Å². The predicted molar refractivity (Wildman–Crippen MR) is 64.1 cm³/mol. The van der Waals surface area contributed by atoms with Gasteiger partial charge in [-0.15, -0.1) is 0 Å². The Labute approximate surface area is 95.4 Å². The van der Waals surface area contributed by atoms with Gasteiger partial charge in [0.1, 0.15) is 5.82 Å². The standard InChI is InChI=1S/C13H16N2O/c1-15-9-8-14-13(15)12-6-4-11(5-7-12)3-2-10-16/h4-9,16H,2-3,10H2,1H3. The Kier molecular flexibility index (Phi) is 3.37. The highest BCUT2D eigenvalue weighted by molar-refractivity contribution is 5.55. The summed E-state index contributed by atoms with van der Waals surface area (Å²) in [7, 11) is 1.99. The molecule has 0 saturated carbocycles. The largest absolute Gasteiger partial charge is 0.396 e. The third-order valence-corrected chi connectivity index (χ3v) is 2.66. The molecule has 16 heavy (non-hydrogen) atoms. The molecule has 3 nitrogen and oxygen atoms in total. The van der Waals surface area contributed by atoms with Crippen molar-refractivity contribution in [1.29, 1.82) is 0 Å². The first kappa shape index (κ1) is 10.9. The molecular formula is C13H16N2O. The van der Waals surface area contributed by atoms with Gasteiger partial charge in [0.25, 0.3) is 0 Å². The van der Waals surface area contributed by atoms with Crippen molar-refractivity contribution in [3.63, 3.8) is 0 Å². The quantitative estimate of drug-likeness (QED) is 0.849. The highest BCUT2D eigenvalue weighted by Gasteiger charge is 2.02. The Hall–Kier alpha value is -1.61. The van der Waals surface area contributed by atoms with E-state index in [0.717, 1.165) is 24.2 Å². The summed E-state index contributed by atoms with van der Waals surface area (Å²) in [4.78, 5) is 4.30. The van der Waals surface area contributed by atoms with Crippen molar-refractivity contribution in [2.75, 3.05) is 6.61 Å². The molecule has 0 spiro atoms. The number of benzene rings is 1. The molecule has 0 saturated heterocycles. The molecule has 0 aliphatic carbocycles. The van der Waals surface area contributed by atoms with Crippen molar-refractivity contribution in [2.45, 2.75) is 12.8 Å². The smallest absolute Gasteiger partial charge is 0.139 e. The third kappa shape index (κ3) is 2.31. The van der Waals surface area contributed by atoms with Crippen molar-refractivity contribution < 1.29 is 5.11 Å². The molecule has 0 radical (unpaired) electrons. The van der Waals surface area contributed by atoms with Gasteiger partial charge in [0.05, 0.1) is 0 Å². The normalized spacial score (nSPS) is 10.6. The van der Waals surface area contributed by atoms with E-state index in [-0.39, 0.29) is 6.61 Å². The van der Waals surface area contributed by atoms with Crippen LogP contribution in [-0.4, -0.2) is 21.3 Å². The van der Waals surface area contributed by atoms with Crippen LogP contribution in [0.2, 0.25) is 0 Å². The first-order chi connectivity index (χ1) is 7.81. The summed E-state index contributed by atoms with van der Waals surface area (Å²) in [6, 6.07) is 8.35. The molecule has 1 heterocycles. The van der Waals surface area contributed by atoms with E-state index < -0.39 is 0 Å². The van der Waals surface area contributed by atoms with Crippen LogP contribution in [0.1, 0.15) is 12.0 Å². The average Bonchev–Trinajstić information content (AvgIpc) is 2.74. The van der Waals surface area contributed by atoms with E-state index in [1.807, 2.05) is 17.8 Å². The zero-order valence-corrected chi connectivity index (χ0v) is 9.43. The van der Waals surface area contributed by atoms with Crippen LogP contribution in [0.5, 0.6) is 0 Å². The topological polar surface area (TPSA) is 38.0 Å². The number of aliphatic hydroxyl groups is 1. The summed E-state index contributed by atoms with van der Waals surface area (Å²) in [6.45, 7) is 0.251. The van der Waals surface area contributed by atoms with Gasteiger partial charge in [-0.1, -0.05) is 24.3 Å². The highest BCUT2D eigenvalue weighted by Crippen LogP contribution is 2.17. The van der Waals surface area contributed by atoms with Gasteiger partial charge < -0.3 is 9.67 Å². The van der Waals surface area contributed by atoms with E-state index in [1.165, 1.54) is 5.56 Å². The zero-order valence-electron chi connectivity index (χ0n) is 9.43. The Bertz CT molecular complexity index is 445. The van der Waals surface area contributed by atoms with E-state index in [2.05, 4.69) is 29.2 Å². The Morgan fingerprint density at radius 1 is 1.25 bits per heavy atom. The number of hydrogen-bond acceptors (Lipinski definition) is 2. The monoisotopic (exact) mass is 216 g/mol. The van der Waals surface area contributed by atoms with E-state index in [0.29, 0.717) is 0 Å². The van der Waals surface area contributed by atoms with Crippen LogP contribution < -0.4 is 0 Å². The number of hydrogen-bond donors (Lipinski definition) is 1. The molecule has 1 aromatic carbocycles. The van der Waals surface area contributed by atoms with Crippen LogP contribution in [0, 0.1) is 0 Å². The third-order valence-electron chi connectivity index (χ3n) is 2.66. The van der Waals surface area contributed by atoms with Crippen molar-refractivity contribution in [1.82, 2.24) is 9.55 Å². The first-order valence-electron chi connectivity index (χ1n) is 5.49. The molecule has 0 bridgehead atoms. The van der Waals surface area contributed by atoms with Crippen LogP contribution in [-0.2, 0) is 13.5 Å². The van der Waals surface area contributed by atoms with Crippen LogP contribution in [0.3, 0.4) is 0 Å². The van der Waals surface area contributed by atoms with E-state index in [1.54, 1.807) is 6.20 Å².